The summed E-state index contributed by atoms with van der Waals surface area (Å²) in [5.41, 5.74) is 3.83. The van der Waals surface area contributed by atoms with Gasteiger partial charge in [-0.25, -0.2) is 0 Å². The third kappa shape index (κ3) is 3.94. The molecule has 0 amide bonds. The highest BCUT2D eigenvalue weighted by molar-refractivity contribution is 6.33. The summed E-state index contributed by atoms with van der Waals surface area (Å²) in [4.78, 5) is 0. The van der Waals surface area contributed by atoms with Crippen LogP contribution in [0.3, 0.4) is 0 Å². The SMILES string of the molecule is CCCNC(c1cc(Cl)ccc1Cl)c1cc(C)nnc1C. The summed E-state index contributed by atoms with van der Waals surface area (Å²) in [5, 5.41) is 13.2. The Balaban J connectivity index is 2.52. The average Bonchev–Trinajstić information content (AvgIpc) is 2.46. The molecule has 0 spiro atoms. The number of nitrogens with one attached hydrogen (secondary N) is 1. The molecule has 1 unspecified atom stereocenters. The van der Waals surface area contributed by atoms with Gasteiger partial charge in [0.15, 0.2) is 0 Å². The van der Waals surface area contributed by atoms with Gasteiger partial charge in [-0.1, -0.05) is 30.1 Å². The first-order valence-corrected chi connectivity index (χ1v) is 7.77. The van der Waals surface area contributed by atoms with Crippen LogP contribution in [0.25, 0.3) is 0 Å². The van der Waals surface area contributed by atoms with Gasteiger partial charge in [-0.3, -0.25) is 0 Å². The largest absolute Gasteiger partial charge is 0.306 e. The summed E-state index contributed by atoms with van der Waals surface area (Å²) in [7, 11) is 0. The summed E-state index contributed by atoms with van der Waals surface area (Å²) >= 11 is 12.5. The van der Waals surface area contributed by atoms with E-state index in [4.69, 9.17) is 23.2 Å². The molecular formula is C16H19Cl2N3. The molecule has 0 radical (unpaired) electrons. The van der Waals surface area contributed by atoms with Crippen molar-refractivity contribution >= 4 is 23.2 Å². The Morgan fingerprint density at radius 3 is 2.57 bits per heavy atom. The topological polar surface area (TPSA) is 37.8 Å². The molecule has 2 rings (SSSR count). The van der Waals surface area contributed by atoms with E-state index in [2.05, 4.69) is 22.4 Å². The maximum atomic E-state index is 6.38. The quantitative estimate of drug-likeness (QED) is 0.880. The molecule has 0 aliphatic carbocycles. The van der Waals surface area contributed by atoms with E-state index in [1.807, 2.05) is 32.0 Å². The Hall–Kier alpha value is -1.16. The fraction of sp³-hybridized carbons (Fsp3) is 0.375. The highest BCUT2D eigenvalue weighted by Crippen LogP contribution is 2.31. The van der Waals surface area contributed by atoms with Gasteiger partial charge in [0.2, 0.25) is 0 Å². The number of hydrogen-bond acceptors (Lipinski definition) is 3. The molecule has 0 aliphatic heterocycles. The molecule has 1 heterocycles. The fourth-order valence-corrected chi connectivity index (χ4v) is 2.68. The number of rotatable bonds is 5. The predicted molar refractivity (Wildman–Crippen MR) is 88.1 cm³/mol. The molecule has 0 fully saturated rings. The monoisotopic (exact) mass is 323 g/mol. The molecular weight excluding hydrogens is 305 g/mol. The number of aromatic nitrogens is 2. The van der Waals surface area contributed by atoms with Gasteiger partial charge in [-0.2, -0.15) is 10.2 Å². The molecule has 3 nitrogen and oxygen atoms in total. The van der Waals surface area contributed by atoms with Gasteiger partial charge in [0.1, 0.15) is 0 Å². The van der Waals surface area contributed by atoms with Gasteiger partial charge in [0.05, 0.1) is 17.4 Å². The van der Waals surface area contributed by atoms with Crippen LogP contribution in [0.2, 0.25) is 10.0 Å². The normalized spacial score (nSPS) is 12.4. The fourth-order valence-electron chi connectivity index (χ4n) is 2.27. The maximum absolute atomic E-state index is 6.38. The molecule has 0 bridgehead atoms. The highest BCUT2D eigenvalue weighted by Gasteiger charge is 2.20. The van der Waals surface area contributed by atoms with Crippen LogP contribution in [0.5, 0.6) is 0 Å². The van der Waals surface area contributed by atoms with Crippen molar-refractivity contribution < 1.29 is 0 Å². The second kappa shape index (κ2) is 7.21. The van der Waals surface area contributed by atoms with E-state index in [0.717, 1.165) is 35.5 Å². The summed E-state index contributed by atoms with van der Waals surface area (Å²) in [6.45, 7) is 6.91. The third-order valence-corrected chi connectivity index (χ3v) is 3.90. The van der Waals surface area contributed by atoms with Crippen molar-refractivity contribution in [2.45, 2.75) is 33.2 Å². The summed E-state index contributed by atoms with van der Waals surface area (Å²) in [5.74, 6) is 0. The lowest BCUT2D eigenvalue weighted by molar-refractivity contribution is 0.591. The summed E-state index contributed by atoms with van der Waals surface area (Å²) in [6, 6.07) is 7.55. The van der Waals surface area contributed by atoms with Gasteiger partial charge >= 0.3 is 0 Å². The highest BCUT2D eigenvalue weighted by atomic mass is 35.5. The average molecular weight is 324 g/mol. The number of hydrogen-bond donors (Lipinski definition) is 1. The van der Waals surface area contributed by atoms with E-state index in [1.165, 1.54) is 0 Å². The first kappa shape index (κ1) is 16.2. The van der Waals surface area contributed by atoms with E-state index in [1.54, 1.807) is 6.07 Å². The number of nitrogens with zero attached hydrogens (tertiary/aromatic N) is 2. The Bertz CT molecular complexity index is 577. The molecule has 0 saturated carbocycles. The van der Waals surface area contributed by atoms with Crippen molar-refractivity contribution in [2.75, 3.05) is 6.54 Å². The van der Waals surface area contributed by atoms with Crippen LogP contribution in [-0.4, -0.2) is 16.7 Å². The lowest BCUT2D eigenvalue weighted by atomic mass is 9.97. The Morgan fingerprint density at radius 1 is 1.10 bits per heavy atom. The van der Waals surface area contributed by atoms with E-state index < -0.39 is 0 Å². The van der Waals surface area contributed by atoms with Crippen molar-refractivity contribution in [1.82, 2.24) is 15.5 Å². The van der Waals surface area contributed by atoms with Crippen molar-refractivity contribution in [2.24, 2.45) is 0 Å². The molecule has 5 heteroatoms. The zero-order valence-electron chi connectivity index (χ0n) is 12.5. The molecule has 2 aromatic rings. The van der Waals surface area contributed by atoms with E-state index in [-0.39, 0.29) is 6.04 Å². The Kier molecular flexibility index (Phi) is 5.57. The molecule has 1 aromatic carbocycles. The second-order valence-electron chi connectivity index (χ2n) is 5.08. The van der Waals surface area contributed by atoms with Gasteiger partial charge < -0.3 is 5.32 Å². The third-order valence-electron chi connectivity index (χ3n) is 3.32. The lowest BCUT2D eigenvalue weighted by Gasteiger charge is -2.22. The molecule has 1 atom stereocenters. The molecule has 112 valence electrons. The molecule has 0 saturated heterocycles. The standard InChI is InChI=1S/C16H19Cl2N3/c1-4-7-19-16(13-8-10(2)20-21-11(13)3)14-9-12(17)5-6-15(14)18/h5-6,8-9,16,19H,4,7H2,1-3H3. The van der Waals surface area contributed by atoms with Crippen LogP contribution < -0.4 is 5.32 Å². The smallest absolute Gasteiger partial charge is 0.0651 e. The van der Waals surface area contributed by atoms with Crippen molar-refractivity contribution in [3.63, 3.8) is 0 Å². The van der Waals surface area contributed by atoms with Crippen molar-refractivity contribution in [3.8, 4) is 0 Å². The zero-order chi connectivity index (χ0) is 15.4. The van der Waals surface area contributed by atoms with Crippen molar-refractivity contribution in [1.29, 1.82) is 0 Å². The van der Waals surface area contributed by atoms with Gasteiger partial charge in [0, 0.05) is 10.0 Å². The van der Waals surface area contributed by atoms with Crippen LogP contribution in [0.15, 0.2) is 24.3 Å². The maximum Gasteiger partial charge on any atom is 0.0651 e. The van der Waals surface area contributed by atoms with Crippen LogP contribution in [-0.2, 0) is 0 Å². The number of benzene rings is 1. The van der Waals surface area contributed by atoms with E-state index in [9.17, 15) is 0 Å². The van der Waals surface area contributed by atoms with Crippen LogP contribution in [0.1, 0.15) is 41.9 Å². The Morgan fingerprint density at radius 2 is 1.86 bits per heavy atom. The van der Waals surface area contributed by atoms with E-state index in [0.29, 0.717) is 10.0 Å². The van der Waals surface area contributed by atoms with Gasteiger partial charge in [-0.05, 0) is 62.2 Å². The van der Waals surface area contributed by atoms with Gasteiger partial charge in [0.25, 0.3) is 0 Å². The van der Waals surface area contributed by atoms with Crippen molar-refractivity contribution in [3.05, 3.63) is 56.8 Å². The first-order chi connectivity index (χ1) is 10.0. The second-order valence-corrected chi connectivity index (χ2v) is 5.92. The molecule has 0 aliphatic rings. The minimum absolute atomic E-state index is 0.0367. The molecule has 1 N–H and O–H groups in total. The minimum Gasteiger partial charge on any atom is -0.306 e. The lowest BCUT2D eigenvalue weighted by Crippen LogP contribution is -2.25. The Labute approximate surface area is 135 Å². The van der Waals surface area contributed by atoms with Crippen LogP contribution in [0, 0.1) is 13.8 Å². The number of halogens is 2. The van der Waals surface area contributed by atoms with Crippen LogP contribution in [0.4, 0.5) is 0 Å². The molecule has 1 aromatic heterocycles. The summed E-state index contributed by atoms with van der Waals surface area (Å²) < 4.78 is 0. The minimum atomic E-state index is -0.0367. The van der Waals surface area contributed by atoms with Gasteiger partial charge in [-0.15, -0.1) is 0 Å². The van der Waals surface area contributed by atoms with E-state index >= 15 is 0 Å². The predicted octanol–water partition coefficient (Wildman–Crippen LogP) is 4.49. The number of aryl methyl sites for hydroxylation is 2. The zero-order valence-corrected chi connectivity index (χ0v) is 14.0. The summed E-state index contributed by atoms with van der Waals surface area (Å²) in [6.07, 6.45) is 1.03. The van der Waals surface area contributed by atoms with Crippen LogP contribution >= 0.6 is 23.2 Å². The molecule has 21 heavy (non-hydrogen) atoms. The first-order valence-electron chi connectivity index (χ1n) is 7.02.